The summed E-state index contributed by atoms with van der Waals surface area (Å²) in [5.41, 5.74) is 6.18. The Morgan fingerprint density at radius 3 is 2.76 bits per heavy atom. The zero-order valence-corrected chi connectivity index (χ0v) is 12.5. The monoisotopic (exact) mass is 316 g/mol. The van der Waals surface area contributed by atoms with E-state index in [1.807, 2.05) is 0 Å². The Morgan fingerprint density at radius 2 is 2.10 bits per heavy atom. The van der Waals surface area contributed by atoms with Gasteiger partial charge in [-0.15, -0.1) is 0 Å². The van der Waals surface area contributed by atoms with Gasteiger partial charge in [0.2, 0.25) is 10.0 Å². The minimum atomic E-state index is -3.48. The molecule has 2 rings (SSSR count). The Hall–Kier alpha value is -1.35. The molecule has 1 atom stereocenters. The molecule has 3 N–H and O–H groups in total. The molecule has 1 aliphatic heterocycles. The normalized spacial score (nSPS) is 20.3. The van der Waals surface area contributed by atoms with Crippen molar-refractivity contribution in [2.24, 2.45) is 0 Å². The van der Waals surface area contributed by atoms with Crippen LogP contribution in [0.25, 0.3) is 0 Å². The van der Waals surface area contributed by atoms with Crippen LogP contribution in [0.3, 0.4) is 0 Å². The molecule has 1 aliphatic rings. The summed E-state index contributed by atoms with van der Waals surface area (Å²) in [6.45, 7) is 0.609. The van der Waals surface area contributed by atoms with Crippen LogP contribution in [0.4, 0.5) is 5.69 Å². The van der Waals surface area contributed by atoms with E-state index < -0.39 is 16.1 Å². The minimum Gasteiger partial charge on any atom is -0.492 e. The molecule has 118 valence electrons. The second kappa shape index (κ2) is 7.08. The van der Waals surface area contributed by atoms with Crippen molar-refractivity contribution >= 4 is 15.7 Å². The van der Waals surface area contributed by atoms with Crippen molar-refractivity contribution in [3.05, 3.63) is 24.3 Å². The minimum absolute atomic E-state index is 0.0434. The van der Waals surface area contributed by atoms with E-state index >= 15 is 0 Å². The highest BCUT2D eigenvalue weighted by Gasteiger charge is 2.32. The molecule has 0 aromatic heterocycles. The second-order valence-corrected chi connectivity index (χ2v) is 6.80. The van der Waals surface area contributed by atoms with Crippen LogP contribution >= 0.6 is 0 Å². The maximum absolute atomic E-state index is 12.3. The number of sulfonamides is 1. The number of aliphatic hydroxyl groups excluding tert-OH is 1. The molecule has 0 saturated carbocycles. The molecule has 21 heavy (non-hydrogen) atoms. The third-order valence-corrected chi connectivity index (χ3v) is 5.11. The Labute approximate surface area is 124 Å². The first-order chi connectivity index (χ1) is 10.0. The Bertz CT molecular complexity index is 546. The van der Waals surface area contributed by atoms with Gasteiger partial charge >= 0.3 is 0 Å². The van der Waals surface area contributed by atoms with Gasteiger partial charge in [0, 0.05) is 12.2 Å². The van der Waals surface area contributed by atoms with Gasteiger partial charge in [0.05, 0.1) is 31.6 Å². The molecule has 1 fully saturated rings. The highest BCUT2D eigenvalue weighted by molar-refractivity contribution is 7.89. The van der Waals surface area contributed by atoms with Gasteiger partial charge in [0.1, 0.15) is 12.4 Å². The molecule has 1 saturated heterocycles. The quantitative estimate of drug-likeness (QED) is 0.697. The number of anilines is 1. The van der Waals surface area contributed by atoms with Crippen LogP contribution in [-0.2, 0) is 14.8 Å². The summed E-state index contributed by atoms with van der Waals surface area (Å²) in [6, 6.07) is 6.24. The lowest BCUT2D eigenvalue weighted by molar-refractivity contribution is 0.0108. The molecule has 0 spiro atoms. The summed E-state index contributed by atoms with van der Waals surface area (Å²) in [4.78, 5) is 0. The molecular formula is C13H20N2O5S. The zero-order valence-electron chi connectivity index (χ0n) is 11.6. The van der Waals surface area contributed by atoms with E-state index in [9.17, 15) is 13.5 Å². The second-order valence-electron chi connectivity index (χ2n) is 4.76. The van der Waals surface area contributed by atoms with E-state index in [0.29, 0.717) is 18.0 Å². The van der Waals surface area contributed by atoms with Gasteiger partial charge in [-0.1, -0.05) is 0 Å². The molecule has 1 unspecified atom stereocenters. The number of nitrogens with two attached hydrogens (primary N) is 1. The Kier molecular flexibility index (Phi) is 5.40. The van der Waals surface area contributed by atoms with E-state index in [1.165, 1.54) is 4.31 Å². The van der Waals surface area contributed by atoms with Gasteiger partial charge in [0.15, 0.2) is 0 Å². The highest BCUT2D eigenvalue weighted by Crippen LogP contribution is 2.15. The molecule has 0 aliphatic carbocycles. The van der Waals surface area contributed by atoms with Crippen LogP contribution in [-0.4, -0.2) is 62.6 Å². The maximum atomic E-state index is 12.3. The first-order valence-corrected chi connectivity index (χ1v) is 8.30. The van der Waals surface area contributed by atoms with Crippen LogP contribution in [0.5, 0.6) is 5.75 Å². The number of hydrogen-bond donors (Lipinski definition) is 2. The molecule has 1 aromatic rings. The van der Waals surface area contributed by atoms with Crippen LogP contribution in [0.15, 0.2) is 24.3 Å². The van der Waals surface area contributed by atoms with Gasteiger partial charge < -0.3 is 20.3 Å². The maximum Gasteiger partial charge on any atom is 0.217 e. The third-order valence-electron chi connectivity index (χ3n) is 3.23. The molecule has 7 nitrogen and oxygen atoms in total. The van der Waals surface area contributed by atoms with Crippen molar-refractivity contribution in [2.75, 3.05) is 44.5 Å². The number of nitrogen functional groups attached to an aromatic ring is 1. The molecule has 1 heterocycles. The van der Waals surface area contributed by atoms with Gasteiger partial charge in [-0.05, 0) is 24.3 Å². The fraction of sp³-hybridized carbons (Fsp3) is 0.538. The van der Waals surface area contributed by atoms with E-state index in [-0.39, 0.29) is 32.1 Å². The number of morpholine rings is 1. The number of ether oxygens (including phenoxy) is 2. The summed E-state index contributed by atoms with van der Waals surface area (Å²) < 4.78 is 36.4. The van der Waals surface area contributed by atoms with Crippen molar-refractivity contribution in [3.8, 4) is 5.75 Å². The summed E-state index contributed by atoms with van der Waals surface area (Å²) in [5, 5.41) is 9.22. The third kappa shape index (κ3) is 4.31. The number of aliphatic hydroxyl groups is 1. The molecular weight excluding hydrogens is 296 g/mol. The average Bonchev–Trinajstić information content (AvgIpc) is 2.49. The molecule has 1 aromatic carbocycles. The van der Waals surface area contributed by atoms with Crippen LogP contribution < -0.4 is 10.5 Å². The topological polar surface area (TPSA) is 102 Å². The van der Waals surface area contributed by atoms with Crippen molar-refractivity contribution in [2.45, 2.75) is 6.04 Å². The molecule has 0 radical (unpaired) electrons. The van der Waals surface area contributed by atoms with Gasteiger partial charge in [-0.3, -0.25) is 0 Å². The smallest absolute Gasteiger partial charge is 0.217 e. The van der Waals surface area contributed by atoms with Gasteiger partial charge in [-0.25, -0.2) is 8.42 Å². The lowest BCUT2D eigenvalue weighted by Gasteiger charge is -2.33. The van der Waals surface area contributed by atoms with Gasteiger partial charge in [0.25, 0.3) is 0 Å². The summed E-state index contributed by atoms with van der Waals surface area (Å²) in [7, 11) is -3.48. The largest absolute Gasteiger partial charge is 0.492 e. The zero-order chi connectivity index (χ0) is 15.3. The first kappa shape index (κ1) is 16.0. The van der Waals surface area contributed by atoms with Crippen molar-refractivity contribution in [1.29, 1.82) is 0 Å². The average molecular weight is 316 g/mol. The highest BCUT2D eigenvalue weighted by atomic mass is 32.2. The van der Waals surface area contributed by atoms with Gasteiger partial charge in [-0.2, -0.15) is 4.31 Å². The van der Waals surface area contributed by atoms with Crippen LogP contribution in [0, 0.1) is 0 Å². The van der Waals surface area contributed by atoms with Crippen LogP contribution in [0.2, 0.25) is 0 Å². The number of hydrogen-bond acceptors (Lipinski definition) is 6. The standard InChI is InChI=1S/C13H20N2O5S/c14-11-1-3-13(4-2-11)20-7-8-21(17,18)15-5-6-19-10-12(15)9-16/h1-4,12,16H,5-10,14H2. The van der Waals surface area contributed by atoms with Crippen molar-refractivity contribution in [3.63, 3.8) is 0 Å². The van der Waals surface area contributed by atoms with E-state index in [1.54, 1.807) is 24.3 Å². The predicted molar refractivity (Wildman–Crippen MR) is 78.5 cm³/mol. The number of benzene rings is 1. The fourth-order valence-electron chi connectivity index (χ4n) is 2.10. The van der Waals surface area contributed by atoms with E-state index in [0.717, 1.165) is 0 Å². The lowest BCUT2D eigenvalue weighted by atomic mass is 10.3. The molecule has 0 bridgehead atoms. The van der Waals surface area contributed by atoms with Crippen molar-refractivity contribution in [1.82, 2.24) is 4.31 Å². The Morgan fingerprint density at radius 1 is 1.38 bits per heavy atom. The number of rotatable bonds is 6. The Balaban J connectivity index is 1.90. The summed E-state index contributed by atoms with van der Waals surface area (Å²) >= 11 is 0. The molecule has 8 heteroatoms. The number of nitrogens with zero attached hydrogens (tertiary/aromatic N) is 1. The fourth-order valence-corrected chi connectivity index (χ4v) is 3.56. The summed E-state index contributed by atoms with van der Waals surface area (Å²) in [6.07, 6.45) is 0. The molecule has 0 amide bonds. The van der Waals surface area contributed by atoms with E-state index in [4.69, 9.17) is 15.2 Å². The first-order valence-electron chi connectivity index (χ1n) is 6.69. The van der Waals surface area contributed by atoms with Crippen LogP contribution in [0.1, 0.15) is 0 Å². The SMILES string of the molecule is Nc1ccc(OCCS(=O)(=O)N2CCOCC2CO)cc1. The van der Waals surface area contributed by atoms with E-state index in [2.05, 4.69) is 0 Å². The lowest BCUT2D eigenvalue weighted by Crippen LogP contribution is -2.51. The summed E-state index contributed by atoms with van der Waals surface area (Å²) in [5.74, 6) is 0.425. The predicted octanol–water partition coefficient (Wildman–Crippen LogP) is -0.329. The van der Waals surface area contributed by atoms with Crippen molar-refractivity contribution < 1.29 is 23.0 Å².